The second-order valence-electron chi connectivity index (χ2n) is 5.81. The summed E-state index contributed by atoms with van der Waals surface area (Å²) in [7, 11) is 1.83. The molecule has 0 spiro atoms. The highest BCUT2D eigenvalue weighted by atomic mass is 16.5. The number of aryl methyl sites for hydroxylation is 1. The molecule has 0 atom stereocenters. The second-order valence-corrected chi connectivity index (χ2v) is 5.81. The summed E-state index contributed by atoms with van der Waals surface area (Å²) in [5, 5.41) is 2.72. The minimum Gasteiger partial charge on any atom is -0.492 e. The van der Waals surface area contributed by atoms with Crippen LogP contribution in [0, 0.1) is 6.92 Å². The molecule has 6 nitrogen and oxygen atoms in total. The van der Waals surface area contributed by atoms with Gasteiger partial charge in [0.1, 0.15) is 12.4 Å². The number of nitrogens with one attached hydrogen (secondary N) is 1. The fourth-order valence-corrected chi connectivity index (χ4v) is 2.35. The van der Waals surface area contributed by atoms with E-state index in [1.54, 1.807) is 24.3 Å². The maximum atomic E-state index is 12.1. The number of benzene rings is 2. The van der Waals surface area contributed by atoms with Gasteiger partial charge in [-0.2, -0.15) is 0 Å². The van der Waals surface area contributed by atoms with Crippen LogP contribution >= 0.6 is 0 Å². The molecule has 0 fully saturated rings. The molecule has 2 rings (SSSR count). The Morgan fingerprint density at radius 3 is 2.52 bits per heavy atom. The van der Waals surface area contributed by atoms with Gasteiger partial charge in [-0.05, 0) is 37.7 Å². The Morgan fingerprint density at radius 1 is 1.12 bits per heavy atom. The van der Waals surface area contributed by atoms with Crippen LogP contribution in [-0.2, 0) is 4.79 Å². The Bertz CT molecular complexity index is 746. The third kappa shape index (κ3) is 5.61. The topological polar surface area (TPSA) is 84.7 Å². The predicted octanol–water partition coefficient (Wildman–Crippen LogP) is 2.04. The molecule has 0 aromatic heterocycles. The summed E-state index contributed by atoms with van der Waals surface area (Å²) < 4.78 is 5.72. The third-order valence-electron chi connectivity index (χ3n) is 3.70. The summed E-state index contributed by atoms with van der Waals surface area (Å²) in [6, 6.07) is 14.5. The van der Waals surface area contributed by atoms with E-state index in [1.807, 2.05) is 43.1 Å². The van der Waals surface area contributed by atoms with E-state index in [2.05, 4.69) is 5.32 Å². The fraction of sp³-hybridized carbons (Fsp3) is 0.263. The Kier molecular flexibility index (Phi) is 6.54. The van der Waals surface area contributed by atoms with Gasteiger partial charge in [-0.25, -0.2) is 0 Å². The Hall–Kier alpha value is -2.86. The first-order chi connectivity index (χ1) is 12.0. The minimum atomic E-state index is -0.573. The standard InChI is InChI=1S/C19H23N3O3/c1-14-7-3-6-10-17(14)25-12-11-22(2)13-18(23)21-16-9-5-4-8-15(16)19(20)24/h3-10H,11-13H2,1-2H3,(H2,20,24)(H,21,23). The molecule has 0 aliphatic heterocycles. The zero-order valence-electron chi connectivity index (χ0n) is 14.5. The van der Waals surface area contributed by atoms with Crippen LogP contribution in [0.25, 0.3) is 0 Å². The predicted molar refractivity (Wildman–Crippen MR) is 97.8 cm³/mol. The first kappa shape index (κ1) is 18.5. The average Bonchev–Trinajstić information content (AvgIpc) is 2.56. The van der Waals surface area contributed by atoms with Crippen LogP contribution in [0.4, 0.5) is 5.69 Å². The average molecular weight is 341 g/mol. The summed E-state index contributed by atoms with van der Waals surface area (Å²) >= 11 is 0. The van der Waals surface area contributed by atoms with Crippen molar-refractivity contribution in [3.8, 4) is 5.75 Å². The summed E-state index contributed by atoms with van der Waals surface area (Å²) in [5.74, 6) is 0.0544. The number of primary amides is 1. The number of carbonyl (C=O) groups is 2. The van der Waals surface area contributed by atoms with Gasteiger partial charge in [-0.1, -0.05) is 30.3 Å². The quantitative estimate of drug-likeness (QED) is 0.769. The van der Waals surface area contributed by atoms with Gasteiger partial charge in [0.25, 0.3) is 5.91 Å². The van der Waals surface area contributed by atoms with Gasteiger partial charge in [0.2, 0.25) is 5.91 Å². The van der Waals surface area contributed by atoms with Crippen molar-refractivity contribution in [2.24, 2.45) is 5.73 Å². The molecule has 2 amide bonds. The number of ether oxygens (including phenoxy) is 1. The van der Waals surface area contributed by atoms with Crippen molar-refractivity contribution in [1.29, 1.82) is 0 Å². The molecule has 0 unspecified atom stereocenters. The molecule has 0 aliphatic rings. The number of hydrogen-bond acceptors (Lipinski definition) is 4. The van der Waals surface area contributed by atoms with E-state index in [9.17, 15) is 9.59 Å². The maximum Gasteiger partial charge on any atom is 0.250 e. The molecular formula is C19H23N3O3. The molecule has 25 heavy (non-hydrogen) atoms. The lowest BCUT2D eigenvalue weighted by atomic mass is 10.1. The van der Waals surface area contributed by atoms with Crippen LogP contribution in [0.3, 0.4) is 0 Å². The van der Waals surface area contributed by atoms with Crippen LogP contribution in [0.15, 0.2) is 48.5 Å². The smallest absolute Gasteiger partial charge is 0.250 e. The molecule has 0 aliphatic carbocycles. The van der Waals surface area contributed by atoms with E-state index < -0.39 is 5.91 Å². The van der Waals surface area contributed by atoms with Crippen molar-refractivity contribution in [1.82, 2.24) is 4.90 Å². The maximum absolute atomic E-state index is 12.1. The molecule has 0 saturated carbocycles. The summed E-state index contributed by atoms with van der Waals surface area (Å²) in [6.07, 6.45) is 0. The Morgan fingerprint density at radius 2 is 1.80 bits per heavy atom. The number of rotatable bonds is 8. The van der Waals surface area contributed by atoms with Crippen molar-refractivity contribution in [3.05, 3.63) is 59.7 Å². The molecule has 2 aromatic rings. The molecular weight excluding hydrogens is 318 g/mol. The Balaban J connectivity index is 1.80. The van der Waals surface area contributed by atoms with Gasteiger partial charge >= 0.3 is 0 Å². The van der Waals surface area contributed by atoms with Crippen molar-refractivity contribution in [3.63, 3.8) is 0 Å². The van der Waals surface area contributed by atoms with Gasteiger partial charge in [0.15, 0.2) is 0 Å². The van der Waals surface area contributed by atoms with Gasteiger partial charge in [0, 0.05) is 6.54 Å². The number of likely N-dealkylation sites (N-methyl/N-ethyl adjacent to an activating group) is 1. The fourth-order valence-electron chi connectivity index (χ4n) is 2.35. The number of para-hydroxylation sites is 2. The minimum absolute atomic E-state index is 0.185. The van der Waals surface area contributed by atoms with E-state index in [-0.39, 0.29) is 12.5 Å². The summed E-state index contributed by atoms with van der Waals surface area (Å²) in [4.78, 5) is 25.4. The number of amides is 2. The first-order valence-corrected chi connectivity index (χ1v) is 8.03. The molecule has 2 aromatic carbocycles. The van der Waals surface area contributed by atoms with Crippen molar-refractivity contribution < 1.29 is 14.3 Å². The zero-order valence-corrected chi connectivity index (χ0v) is 14.5. The lowest BCUT2D eigenvalue weighted by Gasteiger charge is -2.17. The SMILES string of the molecule is Cc1ccccc1OCCN(C)CC(=O)Nc1ccccc1C(N)=O. The van der Waals surface area contributed by atoms with Crippen LogP contribution in [0.5, 0.6) is 5.75 Å². The van der Waals surface area contributed by atoms with Gasteiger partial charge in [-0.3, -0.25) is 14.5 Å². The highest BCUT2D eigenvalue weighted by Crippen LogP contribution is 2.16. The van der Waals surface area contributed by atoms with Crippen molar-refractivity contribution in [2.75, 3.05) is 32.1 Å². The van der Waals surface area contributed by atoms with E-state index in [0.717, 1.165) is 11.3 Å². The molecule has 0 radical (unpaired) electrons. The molecule has 0 bridgehead atoms. The second kappa shape index (κ2) is 8.84. The van der Waals surface area contributed by atoms with Crippen LogP contribution < -0.4 is 15.8 Å². The summed E-state index contributed by atoms with van der Waals surface area (Å²) in [6.45, 7) is 3.25. The number of nitrogens with zero attached hydrogens (tertiary/aromatic N) is 1. The van der Waals surface area contributed by atoms with Gasteiger partial charge < -0.3 is 15.8 Å². The van der Waals surface area contributed by atoms with E-state index in [1.165, 1.54) is 0 Å². The van der Waals surface area contributed by atoms with Crippen LogP contribution in [0.2, 0.25) is 0 Å². The number of nitrogens with two attached hydrogens (primary N) is 1. The normalized spacial score (nSPS) is 10.5. The summed E-state index contributed by atoms with van der Waals surface area (Å²) in [5.41, 5.74) is 7.10. The molecule has 132 valence electrons. The molecule has 3 N–H and O–H groups in total. The van der Waals surface area contributed by atoms with Gasteiger partial charge in [-0.15, -0.1) is 0 Å². The van der Waals surface area contributed by atoms with E-state index in [0.29, 0.717) is 24.4 Å². The highest BCUT2D eigenvalue weighted by molar-refractivity contribution is 6.03. The number of hydrogen-bond donors (Lipinski definition) is 2. The highest BCUT2D eigenvalue weighted by Gasteiger charge is 2.12. The number of anilines is 1. The Labute approximate surface area is 147 Å². The largest absolute Gasteiger partial charge is 0.492 e. The lowest BCUT2D eigenvalue weighted by Crippen LogP contribution is -2.33. The third-order valence-corrected chi connectivity index (χ3v) is 3.70. The van der Waals surface area contributed by atoms with Gasteiger partial charge in [0.05, 0.1) is 17.8 Å². The van der Waals surface area contributed by atoms with Crippen LogP contribution in [-0.4, -0.2) is 43.5 Å². The first-order valence-electron chi connectivity index (χ1n) is 8.03. The van der Waals surface area contributed by atoms with E-state index in [4.69, 9.17) is 10.5 Å². The van der Waals surface area contributed by atoms with E-state index >= 15 is 0 Å². The zero-order chi connectivity index (χ0) is 18.2. The monoisotopic (exact) mass is 341 g/mol. The van der Waals surface area contributed by atoms with Crippen molar-refractivity contribution in [2.45, 2.75) is 6.92 Å². The van der Waals surface area contributed by atoms with Crippen molar-refractivity contribution >= 4 is 17.5 Å². The molecule has 0 heterocycles. The van der Waals surface area contributed by atoms with Crippen LogP contribution in [0.1, 0.15) is 15.9 Å². The number of carbonyl (C=O) groups excluding carboxylic acids is 2. The lowest BCUT2D eigenvalue weighted by molar-refractivity contribution is -0.117. The molecule has 0 saturated heterocycles. The molecule has 6 heteroatoms.